The van der Waals surface area contributed by atoms with Gasteiger partial charge in [0, 0.05) is 33.4 Å². The largest absolute Gasteiger partial charge is 0.383 e. The minimum absolute atomic E-state index is 0.184. The molecule has 0 atom stereocenters. The molecule has 2 rings (SSSR count). The summed E-state index contributed by atoms with van der Waals surface area (Å²) in [6.45, 7) is 4.11. The predicted octanol–water partition coefficient (Wildman–Crippen LogP) is 3.16. The first-order valence-electron chi connectivity index (χ1n) is 7.37. The van der Waals surface area contributed by atoms with Gasteiger partial charge >= 0.3 is 0 Å². The van der Waals surface area contributed by atoms with Gasteiger partial charge in [-0.3, -0.25) is 0 Å². The maximum Gasteiger partial charge on any atom is 0.137 e. The molecule has 1 heterocycles. The second-order valence-electron chi connectivity index (χ2n) is 5.71. The SMILES string of the molecule is COCCNCC1(Cc2ccc(F)c(Br)c2)CCOCC1. The molecule has 1 N–H and O–H groups in total. The molecule has 0 unspecified atom stereocenters. The molecule has 0 saturated carbocycles. The molecule has 0 radical (unpaired) electrons. The zero-order chi connectivity index (χ0) is 15.1. The lowest BCUT2D eigenvalue weighted by Gasteiger charge is -2.38. The minimum atomic E-state index is -0.210. The Bertz CT molecular complexity index is 450. The number of rotatable bonds is 7. The molecule has 1 aromatic rings. The van der Waals surface area contributed by atoms with Crippen molar-refractivity contribution < 1.29 is 13.9 Å². The summed E-state index contributed by atoms with van der Waals surface area (Å²) in [5.74, 6) is -0.210. The van der Waals surface area contributed by atoms with E-state index in [1.54, 1.807) is 7.11 Å². The van der Waals surface area contributed by atoms with Gasteiger partial charge in [-0.05, 0) is 58.3 Å². The summed E-state index contributed by atoms with van der Waals surface area (Å²) in [5.41, 5.74) is 1.35. The van der Waals surface area contributed by atoms with Crippen molar-refractivity contribution >= 4 is 15.9 Å². The fraction of sp³-hybridized carbons (Fsp3) is 0.625. The molecule has 0 aliphatic carbocycles. The van der Waals surface area contributed by atoms with Crippen LogP contribution in [0.5, 0.6) is 0 Å². The molecule has 1 saturated heterocycles. The Balaban J connectivity index is 2.02. The molecule has 1 fully saturated rings. The maximum absolute atomic E-state index is 13.4. The Morgan fingerprint density at radius 3 is 2.81 bits per heavy atom. The molecule has 118 valence electrons. The summed E-state index contributed by atoms with van der Waals surface area (Å²) in [4.78, 5) is 0. The second-order valence-corrected chi connectivity index (χ2v) is 6.56. The van der Waals surface area contributed by atoms with Crippen molar-refractivity contribution in [2.75, 3.05) is 40.0 Å². The number of methoxy groups -OCH3 is 1. The van der Waals surface area contributed by atoms with Crippen LogP contribution in [0.25, 0.3) is 0 Å². The van der Waals surface area contributed by atoms with Gasteiger partial charge in [-0.15, -0.1) is 0 Å². The van der Waals surface area contributed by atoms with E-state index in [1.807, 2.05) is 12.1 Å². The fourth-order valence-corrected chi connectivity index (χ4v) is 3.26. The normalized spacial score (nSPS) is 17.9. The topological polar surface area (TPSA) is 30.5 Å². The molecular weight excluding hydrogens is 337 g/mol. The highest BCUT2D eigenvalue weighted by Gasteiger charge is 2.32. The van der Waals surface area contributed by atoms with Crippen molar-refractivity contribution in [2.24, 2.45) is 5.41 Å². The molecule has 21 heavy (non-hydrogen) atoms. The standard InChI is InChI=1S/C16H23BrFNO2/c1-20-9-6-19-12-16(4-7-21-8-5-16)11-13-2-3-15(18)14(17)10-13/h2-3,10,19H,4-9,11-12H2,1H3. The summed E-state index contributed by atoms with van der Waals surface area (Å²) in [6, 6.07) is 5.30. The van der Waals surface area contributed by atoms with Crippen molar-refractivity contribution in [2.45, 2.75) is 19.3 Å². The van der Waals surface area contributed by atoms with Crippen LogP contribution in [0, 0.1) is 11.2 Å². The lowest BCUT2D eigenvalue weighted by atomic mass is 9.75. The van der Waals surface area contributed by atoms with E-state index in [0.29, 0.717) is 11.1 Å². The van der Waals surface area contributed by atoms with Crippen LogP contribution in [0.2, 0.25) is 0 Å². The summed E-state index contributed by atoms with van der Waals surface area (Å²) in [6.07, 6.45) is 3.00. The number of nitrogens with one attached hydrogen (secondary N) is 1. The van der Waals surface area contributed by atoms with Crippen LogP contribution in [0.3, 0.4) is 0 Å². The number of halogens is 2. The fourth-order valence-electron chi connectivity index (χ4n) is 2.83. The average Bonchev–Trinajstić information content (AvgIpc) is 2.49. The van der Waals surface area contributed by atoms with Gasteiger partial charge in [0.1, 0.15) is 5.82 Å². The van der Waals surface area contributed by atoms with Crippen LogP contribution in [0.4, 0.5) is 4.39 Å². The monoisotopic (exact) mass is 359 g/mol. The Morgan fingerprint density at radius 2 is 2.14 bits per heavy atom. The van der Waals surface area contributed by atoms with Gasteiger partial charge in [0.25, 0.3) is 0 Å². The molecule has 1 aliphatic rings. The Kier molecular flexibility index (Phi) is 6.61. The molecule has 3 nitrogen and oxygen atoms in total. The van der Waals surface area contributed by atoms with E-state index in [4.69, 9.17) is 9.47 Å². The third-order valence-corrected chi connectivity index (χ3v) is 4.71. The molecule has 0 bridgehead atoms. The van der Waals surface area contributed by atoms with E-state index in [2.05, 4.69) is 21.2 Å². The highest BCUT2D eigenvalue weighted by Crippen LogP contribution is 2.34. The third kappa shape index (κ3) is 5.02. The summed E-state index contributed by atoms with van der Waals surface area (Å²) < 4.78 is 24.5. The Morgan fingerprint density at radius 1 is 1.38 bits per heavy atom. The molecule has 0 amide bonds. The first-order chi connectivity index (χ1) is 10.2. The van der Waals surface area contributed by atoms with Crippen molar-refractivity contribution in [1.29, 1.82) is 0 Å². The molecular formula is C16H23BrFNO2. The summed E-state index contributed by atoms with van der Waals surface area (Å²) in [7, 11) is 1.71. The summed E-state index contributed by atoms with van der Waals surface area (Å²) >= 11 is 3.27. The predicted molar refractivity (Wildman–Crippen MR) is 85.0 cm³/mol. The van der Waals surface area contributed by atoms with Gasteiger partial charge in [0.2, 0.25) is 0 Å². The average molecular weight is 360 g/mol. The quantitative estimate of drug-likeness (QED) is 0.758. The summed E-state index contributed by atoms with van der Waals surface area (Å²) in [5, 5.41) is 3.48. The smallest absolute Gasteiger partial charge is 0.137 e. The number of benzene rings is 1. The van der Waals surface area contributed by atoms with Gasteiger partial charge in [0.15, 0.2) is 0 Å². The zero-order valence-corrected chi connectivity index (χ0v) is 14.0. The molecule has 1 aliphatic heterocycles. The Hall–Kier alpha value is -0.490. The lowest BCUT2D eigenvalue weighted by molar-refractivity contribution is 0.0143. The van der Waals surface area contributed by atoms with Gasteiger partial charge in [-0.2, -0.15) is 0 Å². The van der Waals surface area contributed by atoms with Crippen molar-refractivity contribution in [3.05, 3.63) is 34.1 Å². The van der Waals surface area contributed by atoms with Gasteiger partial charge in [-0.1, -0.05) is 6.07 Å². The molecule has 5 heteroatoms. The van der Waals surface area contributed by atoms with Gasteiger partial charge in [0.05, 0.1) is 11.1 Å². The van der Waals surface area contributed by atoms with E-state index in [-0.39, 0.29) is 11.2 Å². The second kappa shape index (κ2) is 8.22. The highest BCUT2D eigenvalue weighted by molar-refractivity contribution is 9.10. The number of ether oxygens (including phenoxy) is 2. The first kappa shape index (κ1) is 16.9. The van der Waals surface area contributed by atoms with Crippen molar-refractivity contribution in [1.82, 2.24) is 5.32 Å². The molecule has 1 aromatic carbocycles. The van der Waals surface area contributed by atoms with Crippen LogP contribution in [0.1, 0.15) is 18.4 Å². The lowest BCUT2D eigenvalue weighted by Crippen LogP contribution is -2.41. The highest BCUT2D eigenvalue weighted by atomic mass is 79.9. The van der Waals surface area contributed by atoms with E-state index in [0.717, 1.165) is 45.6 Å². The number of hydrogen-bond acceptors (Lipinski definition) is 3. The minimum Gasteiger partial charge on any atom is -0.383 e. The Labute approximate surface area is 134 Å². The van der Waals surface area contributed by atoms with Crippen LogP contribution < -0.4 is 5.32 Å². The molecule has 0 spiro atoms. The molecule has 0 aromatic heterocycles. The van der Waals surface area contributed by atoms with E-state index in [1.165, 1.54) is 11.6 Å². The van der Waals surface area contributed by atoms with Crippen molar-refractivity contribution in [3.63, 3.8) is 0 Å². The number of hydrogen-bond donors (Lipinski definition) is 1. The van der Waals surface area contributed by atoms with Crippen LogP contribution in [-0.2, 0) is 15.9 Å². The van der Waals surface area contributed by atoms with Crippen molar-refractivity contribution in [3.8, 4) is 0 Å². The van der Waals surface area contributed by atoms with E-state index < -0.39 is 0 Å². The van der Waals surface area contributed by atoms with Crippen LogP contribution in [-0.4, -0.2) is 40.0 Å². The van der Waals surface area contributed by atoms with Crippen LogP contribution in [0.15, 0.2) is 22.7 Å². The maximum atomic E-state index is 13.4. The van der Waals surface area contributed by atoms with E-state index >= 15 is 0 Å². The zero-order valence-electron chi connectivity index (χ0n) is 12.5. The van der Waals surface area contributed by atoms with E-state index in [9.17, 15) is 4.39 Å². The first-order valence-corrected chi connectivity index (χ1v) is 8.16. The van der Waals surface area contributed by atoms with Gasteiger partial charge < -0.3 is 14.8 Å². The van der Waals surface area contributed by atoms with Crippen LogP contribution >= 0.6 is 15.9 Å². The third-order valence-electron chi connectivity index (χ3n) is 4.10. The van der Waals surface area contributed by atoms with Gasteiger partial charge in [-0.25, -0.2) is 4.39 Å².